The minimum atomic E-state index is 0.714. The van der Waals surface area contributed by atoms with Crippen LogP contribution in [-0.4, -0.2) is 46.7 Å². The number of nitrogens with one attached hydrogen (secondary N) is 1. The van der Waals surface area contributed by atoms with Crippen LogP contribution < -0.4 is 5.32 Å². The number of imidazole rings is 1. The van der Waals surface area contributed by atoms with Gasteiger partial charge in [-0.05, 0) is 38.9 Å². The van der Waals surface area contributed by atoms with Gasteiger partial charge in [0.2, 0.25) is 0 Å². The molecule has 0 unspecified atom stereocenters. The molecule has 1 saturated heterocycles. The van der Waals surface area contributed by atoms with Crippen molar-refractivity contribution in [2.45, 2.75) is 38.8 Å². The fraction of sp³-hybridized carbons (Fsp3) is 0.769. The smallest absolute Gasteiger partial charge is 0.0946 e. The lowest BCUT2D eigenvalue weighted by Gasteiger charge is -2.32. The van der Waals surface area contributed by atoms with E-state index in [0.29, 0.717) is 6.04 Å². The summed E-state index contributed by atoms with van der Waals surface area (Å²) in [5.74, 6) is 0. The molecule has 0 bridgehead atoms. The van der Waals surface area contributed by atoms with Gasteiger partial charge in [-0.3, -0.25) is 0 Å². The van der Waals surface area contributed by atoms with Crippen molar-refractivity contribution < 1.29 is 0 Å². The largest absolute Gasteiger partial charge is 0.336 e. The van der Waals surface area contributed by atoms with Crippen molar-refractivity contribution in [3.63, 3.8) is 0 Å². The fourth-order valence-corrected chi connectivity index (χ4v) is 2.49. The molecule has 0 spiro atoms. The molecule has 2 heterocycles. The summed E-state index contributed by atoms with van der Waals surface area (Å²) in [5.41, 5.74) is 0. The number of rotatable bonds is 6. The van der Waals surface area contributed by atoms with Crippen LogP contribution in [0.1, 0.15) is 26.2 Å². The molecule has 0 radical (unpaired) electrons. The van der Waals surface area contributed by atoms with Gasteiger partial charge in [-0.25, -0.2) is 4.98 Å². The van der Waals surface area contributed by atoms with E-state index in [-0.39, 0.29) is 0 Å². The summed E-state index contributed by atoms with van der Waals surface area (Å²) in [6, 6.07) is 0.714. The first kappa shape index (κ1) is 12.6. The summed E-state index contributed by atoms with van der Waals surface area (Å²) >= 11 is 0. The van der Waals surface area contributed by atoms with Gasteiger partial charge in [0.15, 0.2) is 0 Å². The van der Waals surface area contributed by atoms with E-state index in [0.717, 1.165) is 13.1 Å². The number of hydrogen-bond donors (Lipinski definition) is 1. The van der Waals surface area contributed by atoms with E-state index in [2.05, 4.69) is 26.7 Å². The second-order valence-corrected chi connectivity index (χ2v) is 4.87. The van der Waals surface area contributed by atoms with Crippen LogP contribution in [0.15, 0.2) is 18.7 Å². The third kappa shape index (κ3) is 4.13. The number of likely N-dealkylation sites (tertiary alicyclic amines) is 1. The summed E-state index contributed by atoms with van der Waals surface area (Å²) < 4.78 is 2.12. The van der Waals surface area contributed by atoms with E-state index in [1.807, 2.05) is 18.7 Å². The predicted octanol–water partition coefficient (Wildman–Crippen LogP) is 1.35. The number of hydrogen-bond acceptors (Lipinski definition) is 3. The van der Waals surface area contributed by atoms with Crippen molar-refractivity contribution in [2.24, 2.45) is 0 Å². The maximum atomic E-state index is 4.05. The first-order chi connectivity index (χ1) is 8.38. The van der Waals surface area contributed by atoms with Crippen LogP contribution in [0.5, 0.6) is 0 Å². The molecule has 2 rings (SSSR count). The van der Waals surface area contributed by atoms with Crippen LogP contribution in [0.25, 0.3) is 0 Å². The molecule has 17 heavy (non-hydrogen) atoms. The lowest BCUT2D eigenvalue weighted by atomic mass is 10.1. The lowest BCUT2D eigenvalue weighted by Crippen LogP contribution is -2.43. The van der Waals surface area contributed by atoms with Crippen molar-refractivity contribution in [1.82, 2.24) is 19.8 Å². The molecule has 1 fully saturated rings. The second-order valence-electron chi connectivity index (χ2n) is 4.87. The molecule has 0 amide bonds. The monoisotopic (exact) mass is 236 g/mol. The predicted molar refractivity (Wildman–Crippen MR) is 70.0 cm³/mol. The molecule has 0 atom stereocenters. The Bertz CT molecular complexity index is 288. The minimum absolute atomic E-state index is 0.714. The summed E-state index contributed by atoms with van der Waals surface area (Å²) in [4.78, 5) is 6.62. The first-order valence-electron chi connectivity index (χ1n) is 6.80. The molecule has 1 aliphatic rings. The van der Waals surface area contributed by atoms with Crippen LogP contribution in [0.2, 0.25) is 0 Å². The highest BCUT2D eigenvalue weighted by molar-refractivity contribution is 4.78. The van der Waals surface area contributed by atoms with Crippen LogP contribution in [-0.2, 0) is 6.54 Å². The van der Waals surface area contributed by atoms with Crippen molar-refractivity contribution >= 4 is 0 Å². The molecule has 4 nitrogen and oxygen atoms in total. The Kier molecular flexibility index (Phi) is 5.01. The zero-order valence-corrected chi connectivity index (χ0v) is 10.8. The van der Waals surface area contributed by atoms with Gasteiger partial charge in [-0.1, -0.05) is 6.92 Å². The maximum Gasteiger partial charge on any atom is 0.0946 e. The van der Waals surface area contributed by atoms with Crippen molar-refractivity contribution in [3.8, 4) is 0 Å². The highest BCUT2D eigenvalue weighted by Crippen LogP contribution is 2.10. The van der Waals surface area contributed by atoms with Gasteiger partial charge in [-0.2, -0.15) is 0 Å². The standard InChI is InChI=1S/C13H24N4/c1-2-7-16-8-3-13(4-9-16)15-6-11-17-10-5-14-12-17/h5,10,12-13,15H,2-4,6-9,11H2,1H3. The molecule has 1 aliphatic heterocycles. The Balaban J connectivity index is 1.58. The van der Waals surface area contributed by atoms with E-state index in [1.54, 1.807) is 0 Å². The first-order valence-corrected chi connectivity index (χ1v) is 6.80. The Morgan fingerprint density at radius 3 is 2.76 bits per heavy atom. The average molecular weight is 236 g/mol. The molecule has 4 heteroatoms. The Morgan fingerprint density at radius 2 is 2.12 bits per heavy atom. The quantitative estimate of drug-likeness (QED) is 0.809. The van der Waals surface area contributed by atoms with Gasteiger partial charge in [0, 0.05) is 31.5 Å². The molecule has 96 valence electrons. The van der Waals surface area contributed by atoms with Crippen LogP contribution >= 0.6 is 0 Å². The summed E-state index contributed by atoms with van der Waals surface area (Å²) in [6.07, 6.45) is 9.60. The Labute approximate surface area is 104 Å². The molecule has 0 aromatic carbocycles. The third-order valence-electron chi connectivity index (χ3n) is 3.49. The molecule has 1 N–H and O–H groups in total. The molecular formula is C13H24N4. The van der Waals surface area contributed by atoms with Crippen molar-refractivity contribution in [3.05, 3.63) is 18.7 Å². The topological polar surface area (TPSA) is 33.1 Å². The van der Waals surface area contributed by atoms with Crippen LogP contribution in [0.3, 0.4) is 0 Å². The molecule has 0 aliphatic carbocycles. The van der Waals surface area contributed by atoms with Gasteiger partial charge < -0.3 is 14.8 Å². The van der Waals surface area contributed by atoms with Crippen LogP contribution in [0.4, 0.5) is 0 Å². The summed E-state index contributed by atoms with van der Waals surface area (Å²) in [7, 11) is 0. The van der Waals surface area contributed by atoms with Gasteiger partial charge in [0.25, 0.3) is 0 Å². The normalized spacial score (nSPS) is 18.6. The highest BCUT2D eigenvalue weighted by atomic mass is 15.1. The average Bonchev–Trinajstić information content (AvgIpc) is 2.85. The van der Waals surface area contributed by atoms with E-state index in [4.69, 9.17) is 0 Å². The zero-order valence-electron chi connectivity index (χ0n) is 10.8. The lowest BCUT2D eigenvalue weighted by molar-refractivity contribution is 0.197. The summed E-state index contributed by atoms with van der Waals surface area (Å²) in [5, 5.41) is 3.65. The van der Waals surface area contributed by atoms with Gasteiger partial charge in [0.1, 0.15) is 0 Å². The number of piperidine rings is 1. The highest BCUT2D eigenvalue weighted by Gasteiger charge is 2.17. The van der Waals surface area contributed by atoms with Crippen molar-refractivity contribution in [1.29, 1.82) is 0 Å². The number of nitrogens with zero attached hydrogens (tertiary/aromatic N) is 3. The fourth-order valence-electron chi connectivity index (χ4n) is 2.49. The van der Waals surface area contributed by atoms with Gasteiger partial charge >= 0.3 is 0 Å². The molecule has 1 aromatic rings. The van der Waals surface area contributed by atoms with E-state index >= 15 is 0 Å². The summed E-state index contributed by atoms with van der Waals surface area (Å²) in [6.45, 7) is 8.12. The Hall–Kier alpha value is -0.870. The van der Waals surface area contributed by atoms with Crippen molar-refractivity contribution in [2.75, 3.05) is 26.2 Å². The van der Waals surface area contributed by atoms with Crippen LogP contribution in [0, 0.1) is 0 Å². The molecular weight excluding hydrogens is 212 g/mol. The van der Waals surface area contributed by atoms with E-state index in [9.17, 15) is 0 Å². The van der Waals surface area contributed by atoms with Gasteiger partial charge in [0.05, 0.1) is 6.33 Å². The molecule has 1 aromatic heterocycles. The molecule has 0 saturated carbocycles. The van der Waals surface area contributed by atoms with Gasteiger partial charge in [-0.15, -0.1) is 0 Å². The second kappa shape index (κ2) is 6.77. The maximum absolute atomic E-state index is 4.05. The third-order valence-corrected chi connectivity index (χ3v) is 3.49. The minimum Gasteiger partial charge on any atom is -0.336 e. The Morgan fingerprint density at radius 1 is 1.29 bits per heavy atom. The number of aromatic nitrogens is 2. The van der Waals surface area contributed by atoms with E-state index in [1.165, 1.54) is 38.9 Å². The SMILES string of the molecule is CCCN1CCC(NCCn2ccnc2)CC1. The zero-order chi connectivity index (χ0) is 11.9. The van der Waals surface area contributed by atoms with E-state index < -0.39 is 0 Å².